The molecule has 1 atom stereocenters. The first kappa shape index (κ1) is 11.8. The van der Waals surface area contributed by atoms with Crippen LogP contribution in [0.4, 0.5) is 0 Å². The van der Waals surface area contributed by atoms with Crippen LogP contribution in [0.5, 0.6) is 0 Å². The smallest absolute Gasteiger partial charge is 0.232 e. The van der Waals surface area contributed by atoms with Crippen LogP contribution in [-0.2, 0) is 4.79 Å². The molecular weight excluding hydrogens is 170 g/mol. The summed E-state index contributed by atoms with van der Waals surface area (Å²) < 4.78 is 0. The SMILES string of the molecule is CCC(C)(CC)NC(=O)C(C)S. The molecule has 2 nitrogen and oxygen atoms in total. The highest BCUT2D eigenvalue weighted by atomic mass is 32.1. The highest BCUT2D eigenvalue weighted by molar-refractivity contribution is 7.81. The molecule has 0 aliphatic heterocycles. The van der Waals surface area contributed by atoms with Gasteiger partial charge in [-0.2, -0.15) is 12.6 Å². The van der Waals surface area contributed by atoms with Gasteiger partial charge in [0.05, 0.1) is 5.25 Å². The van der Waals surface area contributed by atoms with Crippen LogP contribution in [0, 0.1) is 0 Å². The quantitative estimate of drug-likeness (QED) is 0.651. The van der Waals surface area contributed by atoms with Crippen molar-refractivity contribution in [2.24, 2.45) is 0 Å². The Morgan fingerprint density at radius 3 is 2.17 bits per heavy atom. The van der Waals surface area contributed by atoms with E-state index in [9.17, 15) is 4.79 Å². The van der Waals surface area contributed by atoms with Crippen molar-refractivity contribution < 1.29 is 4.79 Å². The Balaban J connectivity index is 4.12. The summed E-state index contributed by atoms with van der Waals surface area (Å²) >= 11 is 4.07. The van der Waals surface area contributed by atoms with Crippen molar-refractivity contribution in [2.45, 2.75) is 51.3 Å². The number of hydrogen-bond acceptors (Lipinski definition) is 2. The first-order valence-corrected chi connectivity index (χ1v) is 4.97. The highest BCUT2D eigenvalue weighted by Crippen LogP contribution is 2.14. The molecule has 12 heavy (non-hydrogen) atoms. The van der Waals surface area contributed by atoms with E-state index < -0.39 is 0 Å². The predicted octanol–water partition coefficient (Wildman–Crippen LogP) is 2.00. The van der Waals surface area contributed by atoms with Crippen molar-refractivity contribution in [1.82, 2.24) is 5.32 Å². The Morgan fingerprint density at radius 2 is 1.92 bits per heavy atom. The summed E-state index contributed by atoms with van der Waals surface area (Å²) in [7, 11) is 0. The zero-order valence-corrected chi connectivity index (χ0v) is 9.24. The lowest BCUT2D eigenvalue weighted by molar-refractivity contribution is -0.122. The van der Waals surface area contributed by atoms with Gasteiger partial charge >= 0.3 is 0 Å². The van der Waals surface area contributed by atoms with E-state index in [4.69, 9.17) is 0 Å². The van der Waals surface area contributed by atoms with Gasteiger partial charge in [-0.05, 0) is 26.7 Å². The maximum Gasteiger partial charge on any atom is 0.232 e. The predicted molar refractivity (Wildman–Crippen MR) is 55.6 cm³/mol. The maximum atomic E-state index is 11.3. The van der Waals surface area contributed by atoms with Crippen LogP contribution in [0.3, 0.4) is 0 Å². The fraction of sp³-hybridized carbons (Fsp3) is 0.889. The van der Waals surface area contributed by atoms with E-state index in [1.54, 1.807) is 6.92 Å². The van der Waals surface area contributed by atoms with Crippen molar-refractivity contribution >= 4 is 18.5 Å². The Morgan fingerprint density at radius 1 is 1.50 bits per heavy atom. The molecule has 0 radical (unpaired) electrons. The molecule has 72 valence electrons. The zero-order chi connectivity index (χ0) is 9.78. The molecule has 0 aliphatic carbocycles. The summed E-state index contributed by atoms with van der Waals surface area (Å²) in [6, 6.07) is 0. The van der Waals surface area contributed by atoms with Gasteiger partial charge in [-0.15, -0.1) is 0 Å². The summed E-state index contributed by atoms with van der Waals surface area (Å²) in [6.07, 6.45) is 1.91. The summed E-state index contributed by atoms with van der Waals surface area (Å²) in [5, 5.41) is 2.76. The third-order valence-electron chi connectivity index (χ3n) is 2.37. The lowest BCUT2D eigenvalue weighted by atomic mass is 9.95. The van der Waals surface area contributed by atoms with Gasteiger partial charge in [0.15, 0.2) is 0 Å². The number of carbonyl (C=O) groups excluding carboxylic acids is 1. The van der Waals surface area contributed by atoms with Gasteiger partial charge in [0.25, 0.3) is 0 Å². The molecule has 0 fully saturated rings. The van der Waals surface area contributed by atoms with E-state index >= 15 is 0 Å². The summed E-state index contributed by atoms with van der Waals surface area (Å²) in [5.74, 6) is 0.0181. The van der Waals surface area contributed by atoms with Crippen LogP contribution in [-0.4, -0.2) is 16.7 Å². The number of thiol groups is 1. The minimum Gasteiger partial charge on any atom is -0.350 e. The topological polar surface area (TPSA) is 29.1 Å². The second kappa shape index (κ2) is 4.75. The van der Waals surface area contributed by atoms with Crippen LogP contribution in [0.1, 0.15) is 40.5 Å². The van der Waals surface area contributed by atoms with Crippen molar-refractivity contribution in [1.29, 1.82) is 0 Å². The van der Waals surface area contributed by atoms with Crippen LogP contribution < -0.4 is 5.32 Å². The molecule has 0 spiro atoms. The number of nitrogens with one attached hydrogen (secondary N) is 1. The van der Waals surface area contributed by atoms with Crippen LogP contribution in [0.25, 0.3) is 0 Å². The third kappa shape index (κ3) is 3.48. The van der Waals surface area contributed by atoms with Crippen molar-refractivity contribution in [2.75, 3.05) is 0 Å². The first-order chi connectivity index (χ1) is 5.45. The van der Waals surface area contributed by atoms with Crippen molar-refractivity contribution in [3.63, 3.8) is 0 Å². The average molecular weight is 189 g/mol. The molecular formula is C9H19NOS. The normalized spacial score (nSPS) is 14.1. The Kier molecular flexibility index (Phi) is 4.68. The third-order valence-corrected chi connectivity index (χ3v) is 2.60. The van der Waals surface area contributed by atoms with Crippen molar-refractivity contribution in [3.8, 4) is 0 Å². The molecule has 1 unspecified atom stereocenters. The highest BCUT2D eigenvalue weighted by Gasteiger charge is 2.22. The molecule has 0 bridgehead atoms. The van der Waals surface area contributed by atoms with Crippen LogP contribution >= 0.6 is 12.6 Å². The van der Waals surface area contributed by atoms with Crippen LogP contribution in [0.2, 0.25) is 0 Å². The molecule has 3 heteroatoms. The number of carbonyl (C=O) groups is 1. The van der Waals surface area contributed by atoms with E-state index in [1.165, 1.54) is 0 Å². The summed E-state index contributed by atoms with van der Waals surface area (Å²) in [6.45, 7) is 7.99. The number of rotatable bonds is 4. The molecule has 0 aromatic rings. The standard InChI is InChI=1S/C9H19NOS/c1-5-9(4,6-2)10-8(11)7(3)12/h7,12H,5-6H2,1-4H3,(H,10,11). The average Bonchev–Trinajstić information content (AvgIpc) is 2.04. The molecule has 0 heterocycles. The molecule has 0 saturated carbocycles. The van der Waals surface area contributed by atoms with Gasteiger partial charge in [-0.25, -0.2) is 0 Å². The molecule has 0 aromatic heterocycles. The maximum absolute atomic E-state index is 11.3. The molecule has 0 aliphatic rings. The molecule has 1 N–H and O–H groups in total. The summed E-state index contributed by atoms with van der Waals surface area (Å²) in [5.41, 5.74) is -0.0614. The Labute approximate surface area is 80.5 Å². The lowest BCUT2D eigenvalue weighted by Gasteiger charge is -2.28. The zero-order valence-electron chi connectivity index (χ0n) is 8.35. The molecule has 0 saturated heterocycles. The van der Waals surface area contributed by atoms with Crippen molar-refractivity contribution in [3.05, 3.63) is 0 Å². The van der Waals surface area contributed by atoms with Crippen LogP contribution in [0.15, 0.2) is 0 Å². The minimum absolute atomic E-state index is 0.0181. The Bertz CT molecular complexity index is 153. The second-order valence-corrected chi connectivity index (χ2v) is 4.21. The van der Waals surface area contributed by atoms with Gasteiger partial charge < -0.3 is 5.32 Å². The fourth-order valence-corrected chi connectivity index (χ4v) is 0.893. The van der Waals surface area contributed by atoms with Gasteiger partial charge in [0.2, 0.25) is 5.91 Å². The Hall–Kier alpha value is -0.180. The second-order valence-electron chi connectivity index (χ2n) is 3.43. The summed E-state index contributed by atoms with van der Waals surface area (Å²) in [4.78, 5) is 11.3. The molecule has 1 amide bonds. The van der Waals surface area contributed by atoms with Gasteiger partial charge in [0, 0.05) is 5.54 Å². The lowest BCUT2D eigenvalue weighted by Crippen LogP contribution is -2.47. The van der Waals surface area contributed by atoms with E-state index in [-0.39, 0.29) is 16.7 Å². The van der Waals surface area contributed by atoms with E-state index in [1.807, 2.05) is 0 Å². The molecule has 0 rings (SSSR count). The van der Waals surface area contributed by atoms with E-state index in [2.05, 4.69) is 38.7 Å². The van der Waals surface area contributed by atoms with Gasteiger partial charge in [-0.1, -0.05) is 13.8 Å². The van der Waals surface area contributed by atoms with E-state index in [0.717, 1.165) is 12.8 Å². The van der Waals surface area contributed by atoms with Gasteiger partial charge in [0.1, 0.15) is 0 Å². The fourth-order valence-electron chi connectivity index (χ4n) is 0.829. The monoisotopic (exact) mass is 189 g/mol. The van der Waals surface area contributed by atoms with Gasteiger partial charge in [-0.3, -0.25) is 4.79 Å². The number of amides is 1. The largest absolute Gasteiger partial charge is 0.350 e. The number of hydrogen-bond donors (Lipinski definition) is 2. The van der Waals surface area contributed by atoms with E-state index in [0.29, 0.717) is 0 Å². The molecule has 0 aromatic carbocycles. The first-order valence-electron chi connectivity index (χ1n) is 4.45. The minimum atomic E-state index is -0.220.